The number of aromatic nitrogens is 1. The number of hydrogen-bond donors (Lipinski definition) is 1. The molecule has 1 aliphatic rings. The van der Waals surface area contributed by atoms with E-state index in [4.69, 9.17) is 0 Å². The van der Waals surface area contributed by atoms with Crippen molar-refractivity contribution < 1.29 is 9.18 Å². The van der Waals surface area contributed by atoms with Crippen LogP contribution in [0, 0.1) is 5.82 Å². The lowest BCUT2D eigenvalue weighted by Gasteiger charge is -2.36. The van der Waals surface area contributed by atoms with Crippen LogP contribution in [0.15, 0.2) is 47.4 Å². The lowest BCUT2D eigenvalue weighted by molar-refractivity contribution is 0.0740. The first-order valence-corrected chi connectivity index (χ1v) is 7.12. The summed E-state index contributed by atoms with van der Waals surface area (Å²) in [6, 6.07) is 9.29. The van der Waals surface area contributed by atoms with Crippen molar-refractivity contribution in [2.75, 3.05) is 31.1 Å². The first-order valence-electron chi connectivity index (χ1n) is 7.12. The number of anilines is 1. The summed E-state index contributed by atoms with van der Waals surface area (Å²) in [6.45, 7) is 2.10. The summed E-state index contributed by atoms with van der Waals surface area (Å²) in [6.07, 6.45) is 1.46. The lowest BCUT2D eigenvalue weighted by atomic mass is 10.2. The third kappa shape index (κ3) is 2.86. The molecule has 2 aromatic rings. The molecule has 0 saturated carbocycles. The Morgan fingerprint density at radius 3 is 2.50 bits per heavy atom. The van der Waals surface area contributed by atoms with Crippen LogP contribution in [0.25, 0.3) is 0 Å². The highest BCUT2D eigenvalue weighted by molar-refractivity contribution is 5.92. The molecule has 114 valence electrons. The lowest BCUT2D eigenvalue weighted by Crippen LogP contribution is -2.49. The topological polar surface area (TPSA) is 56.4 Å². The third-order valence-electron chi connectivity index (χ3n) is 3.76. The molecule has 0 bridgehead atoms. The number of carbonyl (C=O) groups excluding carboxylic acids is 1. The van der Waals surface area contributed by atoms with Crippen LogP contribution in [-0.2, 0) is 0 Å². The Morgan fingerprint density at radius 2 is 1.82 bits per heavy atom. The summed E-state index contributed by atoms with van der Waals surface area (Å²) in [5, 5.41) is 0. The Labute approximate surface area is 127 Å². The molecule has 6 heteroatoms. The van der Waals surface area contributed by atoms with Gasteiger partial charge >= 0.3 is 0 Å². The van der Waals surface area contributed by atoms with E-state index in [0.717, 1.165) is 0 Å². The van der Waals surface area contributed by atoms with Gasteiger partial charge in [-0.25, -0.2) is 4.39 Å². The van der Waals surface area contributed by atoms with Crippen LogP contribution >= 0.6 is 0 Å². The number of hydrogen-bond acceptors (Lipinski definition) is 3. The van der Waals surface area contributed by atoms with Gasteiger partial charge in [0.2, 0.25) is 0 Å². The number of halogens is 1. The number of amides is 1. The van der Waals surface area contributed by atoms with Crippen LogP contribution in [-0.4, -0.2) is 42.0 Å². The van der Waals surface area contributed by atoms with Gasteiger partial charge in [-0.2, -0.15) is 0 Å². The summed E-state index contributed by atoms with van der Waals surface area (Å²) >= 11 is 0. The monoisotopic (exact) mass is 301 g/mol. The Balaban J connectivity index is 1.68. The SMILES string of the molecule is O=C(c1cc(=O)cc[nH]1)N1CCN(c2ccccc2F)CC1. The quantitative estimate of drug-likeness (QED) is 0.914. The number of carbonyl (C=O) groups is 1. The predicted octanol–water partition coefficient (Wildman–Crippen LogP) is 1.48. The van der Waals surface area contributed by atoms with Crippen LogP contribution < -0.4 is 10.3 Å². The Hall–Kier alpha value is -2.63. The van der Waals surface area contributed by atoms with Crippen LogP contribution in [0.1, 0.15) is 10.5 Å². The smallest absolute Gasteiger partial charge is 0.270 e. The molecule has 1 aromatic carbocycles. The minimum absolute atomic E-state index is 0.202. The van der Waals surface area contributed by atoms with Gasteiger partial charge in [0.05, 0.1) is 5.69 Å². The first kappa shape index (κ1) is 14.3. The zero-order chi connectivity index (χ0) is 15.5. The van der Waals surface area contributed by atoms with Crippen LogP contribution in [0.4, 0.5) is 10.1 Å². The molecular weight excluding hydrogens is 285 g/mol. The summed E-state index contributed by atoms with van der Waals surface area (Å²) in [5.41, 5.74) is 0.640. The average molecular weight is 301 g/mol. The van der Waals surface area contributed by atoms with Crippen molar-refractivity contribution in [3.05, 3.63) is 64.3 Å². The van der Waals surface area contributed by atoms with Crippen LogP contribution in [0.3, 0.4) is 0 Å². The number of nitrogens with zero attached hydrogens (tertiary/aromatic N) is 2. The molecule has 0 radical (unpaired) electrons. The van der Waals surface area contributed by atoms with Gasteiger partial charge in [0.25, 0.3) is 5.91 Å². The standard InChI is InChI=1S/C16H16FN3O2/c17-13-3-1-2-4-15(13)19-7-9-20(10-8-19)16(22)14-11-12(21)5-6-18-14/h1-6,11H,7-10H2,(H,18,21). The summed E-state index contributed by atoms with van der Waals surface area (Å²) in [5.74, 6) is -0.458. The van der Waals surface area contributed by atoms with Gasteiger partial charge in [0.15, 0.2) is 5.43 Å². The van der Waals surface area contributed by atoms with Gasteiger partial charge in [0.1, 0.15) is 11.5 Å². The summed E-state index contributed by atoms with van der Waals surface area (Å²) in [7, 11) is 0. The van der Waals surface area contributed by atoms with Crippen molar-refractivity contribution in [2.24, 2.45) is 0 Å². The predicted molar refractivity (Wildman–Crippen MR) is 81.6 cm³/mol. The van der Waals surface area contributed by atoms with E-state index in [-0.39, 0.29) is 22.8 Å². The zero-order valence-electron chi connectivity index (χ0n) is 12.0. The molecule has 3 rings (SSSR count). The highest BCUT2D eigenvalue weighted by Crippen LogP contribution is 2.20. The van der Waals surface area contributed by atoms with Crippen molar-refractivity contribution >= 4 is 11.6 Å². The van der Waals surface area contributed by atoms with Gasteiger partial charge in [0, 0.05) is 44.5 Å². The number of piperazine rings is 1. The molecule has 1 aromatic heterocycles. The van der Waals surface area contributed by atoms with Gasteiger partial charge in [-0.15, -0.1) is 0 Å². The van der Waals surface area contributed by atoms with Gasteiger partial charge < -0.3 is 14.8 Å². The fourth-order valence-electron chi connectivity index (χ4n) is 2.60. The maximum Gasteiger partial charge on any atom is 0.270 e. The van der Waals surface area contributed by atoms with E-state index in [9.17, 15) is 14.0 Å². The molecular formula is C16H16FN3O2. The van der Waals surface area contributed by atoms with E-state index in [1.54, 1.807) is 23.1 Å². The molecule has 0 unspecified atom stereocenters. The number of para-hydroxylation sites is 1. The number of aromatic amines is 1. The molecule has 1 N–H and O–H groups in total. The van der Waals surface area contributed by atoms with Crippen molar-refractivity contribution in [3.63, 3.8) is 0 Å². The second-order valence-corrected chi connectivity index (χ2v) is 5.17. The summed E-state index contributed by atoms with van der Waals surface area (Å²) < 4.78 is 13.8. The normalized spacial score (nSPS) is 15.0. The van der Waals surface area contributed by atoms with Crippen molar-refractivity contribution in [1.82, 2.24) is 9.88 Å². The molecule has 0 aliphatic carbocycles. The maximum atomic E-state index is 13.8. The molecule has 2 heterocycles. The van der Waals surface area contributed by atoms with E-state index < -0.39 is 0 Å². The molecule has 1 amide bonds. The minimum Gasteiger partial charge on any atom is -0.366 e. The molecule has 0 spiro atoms. The number of pyridine rings is 1. The molecule has 1 aliphatic heterocycles. The average Bonchev–Trinajstić information content (AvgIpc) is 2.55. The maximum absolute atomic E-state index is 13.8. The zero-order valence-corrected chi connectivity index (χ0v) is 12.0. The van der Waals surface area contributed by atoms with E-state index in [1.807, 2.05) is 4.90 Å². The molecule has 22 heavy (non-hydrogen) atoms. The Bertz CT molecular complexity index is 736. The number of H-pyrrole nitrogens is 1. The van der Waals surface area contributed by atoms with E-state index in [2.05, 4.69) is 4.98 Å². The van der Waals surface area contributed by atoms with Gasteiger partial charge in [-0.05, 0) is 12.1 Å². The van der Waals surface area contributed by atoms with Crippen LogP contribution in [0.2, 0.25) is 0 Å². The Morgan fingerprint density at radius 1 is 1.09 bits per heavy atom. The number of rotatable bonds is 2. The highest BCUT2D eigenvalue weighted by atomic mass is 19.1. The molecule has 1 fully saturated rings. The second kappa shape index (κ2) is 6.01. The summed E-state index contributed by atoms with van der Waals surface area (Å²) in [4.78, 5) is 30.0. The third-order valence-corrected chi connectivity index (χ3v) is 3.76. The van der Waals surface area contributed by atoms with Crippen molar-refractivity contribution in [3.8, 4) is 0 Å². The van der Waals surface area contributed by atoms with Crippen molar-refractivity contribution in [1.29, 1.82) is 0 Å². The van der Waals surface area contributed by atoms with E-state index in [0.29, 0.717) is 31.9 Å². The number of nitrogens with one attached hydrogen (secondary N) is 1. The fourth-order valence-corrected chi connectivity index (χ4v) is 2.60. The highest BCUT2D eigenvalue weighted by Gasteiger charge is 2.23. The number of benzene rings is 1. The first-order chi connectivity index (χ1) is 10.6. The van der Waals surface area contributed by atoms with E-state index in [1.165, 1.54) is 24.4 Å². The van der Waals surface area contributed by atoms with Crippen LogP contribution in [0.5, 0.6) is 0 Å². The van der Waals surface area contributed by atoms with Crippen molar-refractivity contribution in [2.45, 2.75) is 0 Å². The van der Waals surface area contributed by atoms with Gasteiger partial charge in [-0.3, -0.25) is 9.59 Å². The molecule has 1 saturated heterocycles. The second-order valence-electron chi connectivity index (χ2n) is 5.17. The fraction of sp³-hybridized carbons (Fsp3) is 0.250. The molecule has 0 atom stereocenters. The largest absolute Gasteiger partial charge is 0.366 e. The minimum atomic E-state index is -0.255. The Kier molecular flexibility index (Phi) is 3.91. The van der Waals surface area contributed by atoms with E-state index >= 15 is 0 Å². The van der Waals surface area contributed by atoms with Gasteiger partial charge in [-0.1, -0.05) is 12.1 Å². The molecule has 5 nitrogen and oxygen atoms in total.